The van der Waals surface area contributed by atoms with Crippen LogP contribution in [-0.2, 0) is 0 Å². The second-order valence-corrected chi connectivity index (χ2v) is 5.81. The SMILES string of the molecule is O=C(O)c1ccc(C(=O)NC(CC(F)(F)F)c2ccccc2)s1. The van der Waals surface area contributed by atoms with Crippen molar-refractivity contribution in [1.82, 2.24) is 5.32 Å². The number of benzene rings is 1. The summed E-state index contributed by atoms with van der Waals surface area (Å²) in [6.07, 6.45) is -5.66. The molecule has 1 unspecified atom stereocenters. The van der Waals surface area contributed by atoms with Gasteiger partial charge in [-0.15, -0.1) is 11.3 Å². The second kappa shape index (κ2) is 6.82. The monoisotopic (exact) mass is 343 g/mol. The van der Waals surface area contributed by atoms with Crippen LogP contribution in [0.25, 0.3) is 0 Å². The number of rotatable bonds is 5. The van der Waals surface area contributed by atoms with Crippen LogP contribution in [0.3, 0.4) is 0 Å². The molecule has 0 aliphatic rings. The third kappa shape index (κ3) is 4.82. The fraction of sp³-hybridized carbons (Fsp3) is 0.200. The summed E-state index contributed by atoms with van der Waals surface area (Å²) >= 11 is 0.711. The molecule has 1 heterocycles. The fourth-order valence-electron chi connectivity index (χ4n) is 1.97. The third-order valence-electron chi connectivity index (χ3n) is 2.98. The lowest BCUT2D eigenvalue weighted by molar-refractivity contribution is -0.139. The lowest BCUT2D eigenvalue weighted by Crippen LogP contribution is -2.31. The van der Waals surface area contributed by atoms with Crippen LogP contribution in [0.1, 0.15) is 37.4 Å². The van der Waals surface area contributed by atoms with Gasteiger partial charge in [0.25, 0.3) is 5.91 Å². The molecule has 122 valence electrons. The number of hydrogen-bond donors (Lipinski definition) is 2. The van der Waals surface area contributed by atoms with Crippen LogP contribution >= 0.6 is 11.3 Å². The van der Waals surface area contributed by atoms with Crippen molar-refractivity contribution in [2.45, 2.75) is 18.6 Å². The van der Waals surface area contributed by atoms with E-state index in [0.29, 0.717) is 16.9 Å². The van der Waals surface area contributed by atoms with Gasteiger partial charge in [0.1, 0.15) is 4.88 Å². The number of carboxylic acids is 1. The Bertz CT molecular complexity index is 697. The summed E-state index contributed by atoms with van der Waals surface area (Å²) in [4.78, 5) is 22.9. The van der Waals surface area contributed by atoms with Crippen molar-refractivity contribution in [3.05, 3.63) is 57.8 Å². The van der Waals surface area contributed by atoms with E-state index in [4.69, 9.17) is 5.11 Å². The molecule has 4 nitrogen and oxygen atoms in total. The number of carbonyl (C=O) groups is 2. The van der Waals surface area contributed by atoms with E-state index in [1.807, 2.05) is 0 Å². The molecule has 2 N–H and O–H groups in total. The van der Waals surface area contributed by atoms with E-state index in [9.17, 15) is 22.8 Å². The van der Waals surface area contributed by atoms with Crippen molar-refractivity contribution < 1.29 is 27.9 Å². The van der Waals surface area contributed by atoms with Gasteiger partial charge in [-0.05, 0) is 17.7 Å². The summed E-state index contributed by atoms with van der Waals surface area (Å²) < 4.78 is 38.2. The molecular formula is C15H12F3NO3S. The van der Waals surface area contributed by atoms with E-state index < -0.39 is 30.5 Å². The van der Waals surface area contributed by atoms with E-state index in [0.717, 1.165) is 0 Å². The first kappa shape index (κ1) is 17.0. The number of carbonyl (C=O) groups excluding carboxylic acids is 1. The van der Waals surface area contributed by atoms with Crippen LogP contribution in [0.4, 0.5) is 13.2 Å². The molecule has 1 aromatic heterocycles. The van der Waals surface area contributed by atoms with E-state index >= 15 is 0 Å². The summed E-state index contributed by atoms with van der Waals surface area (Å²) in [5.74, 6) is -1.93. The Morgan fingerprint density at radius 1 is 1.09 bits per heavy atom. The average molecular weight is 343 g/mol. The summed E-state index contributed by atoms with van der Waals surface area (Å²) in [6.45, 7) is 0. The maximum atomic E-state index is 12.7. The van der Waals surface area contributed by atoms with Gasteiger partial charge in [-0.1, -0.05) is 30.3 Å². The van der Waals surface area contributed by atoms with Gasteiger partial charge in [0, 0.05) is 0 Å². The molecule has 23 heavy (non-hydrogen) atoms. The molecule has 0 aliphatic heterocycles. The van der Waals surface area contributed by atoms with Crippen LogP contribution in [0.5, 0.6) is 0 Å². The van der Waals surface area contributed by atoms with Crippen LogP contribution in [0.2, 0.25) is 0 Å². The molecule has 1 atom stereocenters. The van der Waals surface area contributed by atoms with Crippen molar-refractivity contribution in [3.63, 3.8) is 0 Å². The predicted molar refractivity (Wildman–Crippen MR) is 78.6 cm³/mol. The third-order valence-corrected chi connectivity index (χ3v) is 4.06. The molecule has 0 bridgehead atoms. The summed E-state index contributed by atoms with van der Waals surface area (Å²) in [5, 5.41) is 11.1. The van der Waals surface area contributed by atoms with Gasteiger partial charge in [-0.25, -0.2) is 4.79 Å². The zero-order valence-corrected chi connectivity index (χ0v) is 12.4. The molecule has 0 radical (unpaired) electrons. The predicted octanol–water partition coefficient (Wildman–Crippen LogP) is 3.87. The quantitative estimate of drug-likeness (QED) is 0.866. The normalized spacial score (nSPS) is 12.7. The van der Waals surface area contributed by atoms with Gasteiger partial charge in [0.2, 0.25) is 0 Å². The number of hydrogen-bond acceptors (Lipinski definition) is 3. The van der Waals surface area contributed by atoms with Gasteiger partial charge < -0.3 is 10.4 Å². The second-order valence-electron chi connectivity index (χ2n) is 4.73. The Balaban J connectivity index is 2.19. The topological polar surface area (TPSA) is 66.4 Å². The van der Waals surface area contributed by atoms with Gasteiger partial charge in [-0.2, -0.15) is 13.2 Å². The van der Waals surface area contributed by atoms with E-state index in [-0.39, 0.29) is 9.75 Å². The summed E-state index contributed by atoms with van der Waals surface area (Å²) in [6, 6.07) is 9.09. The number of carboxylic acid groups (broad SMARTS) is 1. The first-order valence-corrected chi connectivity index (χ1v) is 7.33. The van der Waals surface area contributed by atoms with E-state index in [2.05, 4.69) is 5.32 Å². The Labute approximate surface area is 133 Å². The van der Waals surface area contributed by atoms with Crippen molar-refractivity contribution in [3.8, 4) is 0 Å². The molecular weight excluding hydrogens is 331 g/mol. The molecule has 2 rings (SSSR count). The van der Waals surface area contributed by atoms with Gasteiger partial charge in [0.15, 0.2) is 0 Å². The summed E-state index contributed by atoms with van der Waals surface area (Å²) in [5.41, 5.74) is 0.327. The molecule has 1 amide bonds. The molecule has 0 saturated carbocycles. The number of thiophene rings is 1. The van der Waals surface area contributed by atoms with Crippen molar-refractivity contribution in [1.29, 1.82) is 0 Å². The van der Waals surface area contributed by atoms with Crippen LogP contribution in [0.15, 0.2) is 42.5 Å². The lowest BCUT2D eigenvalue weighted by atomic mass is 10.0. The molecule has 0 saturated heterocycles. The maximum Gasteiger partial charge on any atom is 0.391 e. The Morgan fingerprint density at radius 2 is 1.70 bits per heavy atom. The number of halogens is 3. The van der Waals surface area contributed by atoms with Crippen molar-refractivity contribution in [2.24, 2.45) is 0 Å². The molecule has 1 aromatic carbocycles. The minimum absolute atomic E-state index is 0.0468. The molecule has 0 spiro atoms. The lowest BCUT2D eigenvalue weighted by Gasteiger charge is -2.20. The fourth-order valence-corrected chi connectivity index (χ4v) is 2.72. The zero-order valence-electron chi connectivity index (χ0n) is 11.6. The highest BCUT2D eigenvalue weighted by molar-refractivity contribution is 7.15. The van der Waals surface area contributed by atoms with Gasteiger partial charge >= 0.3 is 12.1 Å². The van der Waals surface area contributed by atoms with Gasteiger partial charge in [-0.3, -0.25) is 4.79 Å². The maximum absolute atomic E-state index is 12.7. The number of amides is 1. The van der Waals surface area contributed by atoms with Crippen molar-refractivity contribution in [2.75, 3.05) is 0 Å². The number of aromatic carboxylic acids is 1. The van der Waals surface area contributed by atoms with Gasteiger partial charge in [0.05, 0.1) is 17.3 Å². The van der Waals surface area contributed by atoms with Crippen LogP contribution < -0.4 is 5.32 Å². The smallest absolute Gasteiger partial charge is 0.391 e. The Kier molecular flexibility index (Phi) is 5.05. The van der Waals surface area contributed by atoms with Crippen LogP contribution in [0, 0.1) is 0 Å². The first-order valence-electron chi connectivity index (χ1n) is 6.52. The number of alkyl halides is 3. The average Bonchev–Trinajstić information content (AvgIpc) is 2.96. The highest BCUT2D eigenvalue weighted by atomic mass is 32.1. The first-order chi connectivity index (χ1) is 10.8. The Morgan fingerprint density at radius 3 is 2.22 bits per heavy atom. The number of nitrogens with one attached hydrogen (secondary N) is 1. The molecule has 0 aliphatic carbocycles. The van der Waals surface area contributed by atoms with Crippen molar-refractivity contribution >= 4 is 23.2 Å². The highest BCUT2D eigenvalue weighted by Gasteiger charge is 2.33. The molecule has 2 aromatic rings. The summed E-state index contributed by atoms with van der Waals surface area (Å²) in [7, 11) is 0. The van der Waals surface area contributed by atoms with Crippen LogP contribution in [-0.4, -0.2) is 23.2 Å². The van der Waals surface area contributed by atoms with E-state index in [1.54, 1.807) is 18.2 Å². The van der Waals surface area contributed by atoms with E-state index in [1.165, 1.54) is 24.3 Å². The minimum atomic E-state index is -4.45. The molecule has 8 heteroatoms. The highest BCUT2D eigenvalue weighted by Crippen LogP contribution is 2.30. The standard InChI is InChI=1S/C15H12F3NO3S/c16-15(17,18)8-10(9-4-2-1-3-5-9)19-13(20)11-6-7-12(23-11)14(21)22/h1-7,10H,8H2,(H,19,20)(H,21,22). The Hall–Kier alpha value is -2.35. The minimum Gasteiger partial charge on any atom is -0.477 e. The largest absolute Gasteiger partial charge is 0.477 e. The molecule has 0 fully saturated rings. The zero-order chi connectivity index (χ0) is 17.0.